The molecule has 1 aromatic carbocycles. The summed E-state index contributed by atoms with van der Waals surface area (Å²) in [5.74, 6) is 2.08. The second kappa shape index (κ2) is 5.08. The predicted octanol–water partition coefficient (Wildman–Crippen LogP) is 3.79. The summed E-state index contributed by atoms with van der Waals surface area (Å²) in [6, 6.07) is 5.01. The summed E-state index contributed by atoms with van der Waals surface area (Å²) in [6.07, 6.45) is 2.19. The Morgan fingerprint density at radius 3 is 2.80 bits per heavy atom. The molecule has 0 aliphatic carbocycles. The molecule has 1 saturated heterocycles. The topological polar surface area (TPSA) is 12.0 Å². The zero-order chi connectivity index (χ0) is 10.7. The van der Waals surface area contributed by atoms with E-state index in [1.54, 1.807) is 12.1 Å². The molecule has 4 heteroatoms. The highest BCUT2D eigenvalue weighted by molar-refractivity contribution is 7.99. The van der Waals surface area contributed by atoms with Gasteiger partial charge in [-0.05, 0) is 42.5 Å². The fourth-order valence-corrected chi connectivity index (χ4v) is 2.95. The molecule has 1 fully saturated rings. The van der Waals surface area contributed by atoms with E-state index in [9.17, 15) is 4.39 Å². The normalized spacial score (nSPS) is 17.7. The smallest absolute Gasteiger partial charge is 0.146 e. The van der Waals surface area contributed by atoms with Gasteiger partial charge in [0.2, 0.25) is 0 Å². The minimum Gasteiger partial charge on any atom is -0.380 e. The van der Waals surface area contributed by atoms with Crippen molar-refractivity contribution in [2.75, 3.05) is 16.8 Å². The van der Waals surface area contributed by atoms with Gasteiger partial charge < -0.3 is 5.32 Å². The van der Waals surface area contributed by atoms with Crippen molar-refractivity contribution in [1.82, 2.24) is 0 Å². The summed E-state index contributed by atoms with van der Waals surface area (Å²) in [5.41, 5.74) is 0.527. The third kappa shape index (κ3) is 3.02. The van der Waals surface area contributed by atoms with E-state index in [-0.39, 0.29) is 5.82 Å². The molecule has 0 saturated carbocycles. The van der Waals surface area contributed by atoms with Crippen LogP contribution in [0.3, 0.4) is 0 Å². The van der Waals surface area contributed by atoms with Gasteiger partial charge in [0.1, 0.15) is 5.82 Å². The van der Waals surface area contributed by atoms with Crippen molar-refractivity contribution in [3.05, 3.63) is 29.0 Å². The van der Waals surface area contributed by atoms with Crippen molar-refractivity contribution in [3.63, 3.8) is 0 Å². The van der Waals surface area contributed by atoms with Crippen LogP contribution in [-0.4, -0.2) is 17.5 Å². The summed E-state index contributed by atoms with van der Waals surface area (Å²) >= 11 is 7.78. The summed E-state index contributed by atoms with van der Waals surface area (Å²) in [5, 5.41) is 3.79. The van der Waals surface area contributed by atoms with E-state index >= 15 is 0 Å². The van der Waals surface area contributed by atoms with Gasteiger partial charge in [0, 0.05) is 11.1 Å². The Labute approximate surface area is 98.4 Å². The van der Waals surface area contributed by atoms with Crippen molar-refractivity contribution < 1.29 is 4.39 Å². The lowest BCUT2D eigenvalue weighted by Crippen LogP contribution is -2.24. The van der Waals surface area contributed by atoms with Gasteiger partial charge >= 0.3 is 0 Å². The Hall–Kier alpha value is -0.410. The number of hydrogen-bond donors (Lipinski definition) is 1. The lowest BCUT2D eigenvalue weighted by Gasteiger charge is -2.23. The molecule has 1 nitrogen and oxygen atoms in total. The first-order valence-corrected chi connectivity index (χ1v) is 6.58. The van der Waals surface area contributed by atoms with Crippen LogP contribution in [0.5, 0.6) is 0 Å². The van der Waals surface area contributed by atoms with Crippen molar-refractivity contribution in [1.29, 1.82) is 0 Å². The zero-order valence-corrected chi connectivity index (χ0v) is 9.87. The van der Waals surface area contributed by atoms with Gasteiger partial charge in [0.15, 0.2) is 0 Å². The second-order valence-electron chi connectivity index (χ2n) is 3.66. The summed E-state index contributed by atoms with van der Waals surface area (Å²) in [6.45, 7) is 0. The van der Waals surface area contributed by atoms with Gasteiger partial charge in [-0.2, -0.15) is 11.8 Å². The standard InChI is InChI=1S/C11H13ClFNS/c12-8-1-2-10(13)11(7-8)14-9-3-5-15-6-4-9/h1-2,7,9,14H,3-6H2. The highest BCUT2D eigenvalue weighted by Crippen LogP contribution is 2.24. The van der Waals surface area contributed by atoms with E-state index in [2.05, 4.69) is 5.32 Å². The molecule has 15 heavy (non-hydrogen) atoms. The van der Waals surface area contributed by atoms with Crippen LogP contribution < -0.4 is 5.32 Å². The first-order valence-electron chi connectivity index (χ1n) is 5.05. The van der Waals surface area contributed by atoms with Crippen LogP contribution in [0, 0.1) is 5.82 Å². The van der Waals surface area contributed by atoms with Crippen LogP contribution >= 0.6 is 23.4 Å². The summed E-state index contributed by atoms with van der Waals surface area (Å²) < 4.78 is 13.4. The number of anilines is 1. The maximum atomic E-state index is 13.4. The Balaban J connectivity index is 2.05. The number of thioether (sulfide) groups is 1. The molecule has 1 heterocycles. The molecule has 0 radical (unpaired) electrons. The molecule has 0 spiro atoms. The Morgan fingerprint density at radius 1 is 1.33 bits per heavy atom. The molecule has 0 aromatic heterocycles. The first-order chi connectivity index (χ1) is 7.25. The van der Waals surface area contributed by atoms with Gasteiger partial charge in [0.05, 0.1) is 5.69 Å². The number of hydrogen-bond acceptors (Lipinski definition) is 2. The maximum absolute atomic E-state index is 13.4. The maximum Gasteiger partial charge on any atom is 0.146 e. The van der Waals surface area contributed by atoms with Gasteiger partial charge in [-0.25, -0.2) is 4.39 Å². The number of rotatable bonds is 2. The minimum absolute atomic E-state index is 0.224. The van der Waals surface area contributed by atoms with Crippen molar-refractivity contribution in [3.8, 4) is 0 Å². The van der Waals surface area contributed by atoms with Crippen molar-refractivity contribution in [2.24, 2.45) is 0 Å². The van der Waals surface area contributed by atoms with E-state index in [0.29, 0.717) is 16.8 Å². The molecule has 0 amide bonds. The molecule has 1 aliphatic heterocycles. The molecular weight excluding hydrogens is 233 g/mol. The Bertz CT molecular complexity index is 339. The lowest BCUT2D eigenvalue weighted by molar-refractivity contribution is 0.614. The monoisotopic (exact) mass is 245 g/mol. The van der Waals surface area contributed by atoms with Gasteiger partial charge in [0.25, 0.3) is 0 Å². The van der Waals surface area contributed by atoms with E-state index < -0.39 is 0 Å². The minimum atomic E-state index is -0.224. The molecule has 0 unspecified atom stereocenters. The van der Waals surface area contributed by atoms with Crippen LogP contribution in [0.2, 0.25) is 5.02 Å². The molecule has 2 rings (SSSR count). The van der Waals surface area contributed by atoms with E-state index in [1.807, 2.05) is 11.8 Å². The number of benzene rings is 1. The average Bonchev–Trinajstić information content (AvgIpc) is 2.25. The first kappa shape index (κ1) is 11.1. The van der Waals surface area contributed by atoms with Crippen LogP contribution in [0.15, 0.2) is 18.2 Å². The Kier molecular flexibility index (Phi) is 3.76. The second-order valence-corrected chi connectivity index (χ2v) is 5.32. The van der Waals surface area contributed by atoms with Gasteiger partial charge in [-0.15, -0.1) is 0 Å². The SMILES string of the molecule is Fc1ccc(Cl)cc1NC1CCSCC1. The largest absolute Gasteiger partial charge is 0.380 e. The predicted molar refractivity (Wildman–Crippen MR) is 65.4 cm³/mol. The molecule has 0 bridgehead atoms. The average molecular weight is 246 g/mol. The summed E-state index contributed by atoms with van der Waals surface area (Å²) in [4.78, 5) is 0. The quantitative estimate of drug-likeness (QED) is 0.851. The van der Waals surface area contributed by atoms with Crippen LogP contribution in [-0.2, 0) is 0 Å². The van der Waals surface area contributed by atoms with E-state index in [0.717, 1.165) is 24.3 Å². The fourth-order valence-electron chi connectivity index (χ4n) is 1.67. The van der Waals surface area contributed by atoms with Gasteiger partial charge in [-0.3, -0.25) is 0 Å². The Morgan fingerprint density at radius 2 is 2.07 bits per heavy atom. The number of nitrogens with one attached hydrogen (secondary N) is 1. The molecule has 0 atom stereocenters. The van der Waals surface area contributed by atoms with Gasteiger partial charge in [-0.1, -0.05) is 11.6 Å². The highest BCUT2D eigenvalue weighted by atomic mass is 35.5. The molecule has 1 aliphatic rings. The van der Waals surface area contributed by atoms with Crippen LogP contribution in [0.4, 0.5) is 10.1 Å². The molecule has 1 aromatic rings. The highest BCUT2D eigenvalue weighted by Gasteiger charge is 2.14. The molecular formula is C11H13ClFNS. The third-order valence-corrected chi connectivity index (χ3v) is 3.79. The van der Waals surface area contributed by atoms with Crippen LogP contribution in [0.25, 0.3) is 0 Å². The van der Waals surface area contributed by atoms with Crippen molar-refractivity contribution >= 4 is 29.1 Å². The summed E-state index contributed by atoms with van der Waals surface area (Å²) in [7, 11) is 0. The lowest BCUT2D eigenvalue weighted by atomic mass is 10.1. The van der Waals surface area contributed by atoms with Crippen molar-refractivity contribution in [2.45, 2.75) is 18.9 Å². The molecule has 1 N–H and O–H groups in total. The van der Waals surface area contributed by atoms with E-state index in [1.165, 1.54) is 6.07 Å². The zero-order valence-electron chi connectivity index (χ0n) is 8.30. The third-order valence-electron chi connectivity index (χ3n) is 2.51. The van der Waals surface area contributed by atoms with E-state index in [4.69, 9.17) is 11.6 Å². The molecule has 82 valence electrons. The fraction of sp³-hybridized carbons (Fsp3) is 0.455. The van der Waals surface area contributed by atoms with Crippen LogP contribution in [0.1, 0.15) is 12.8 Å². The number of halogens is 2.